The zero-order valence-electron chi connectivity index (χ0n) is 22.0. The number of thiophene rings is 1. The monoisotopic (exact) mass is 596 g/mol. The largest absolute Gasteiger partial charge is 0.462 e. The SMILES string of the molecule is C=CCn1c(CS(=O)(=O)c2ccc(C)cc2)nnc1SCC(=O)Nc1scc(-c2ccccc2)c1C(=O)OCC. The van der Waals surface area contributed by atoms with E-state index >= 15 is 0 Å². The van der Waals surface area contributed by atoms with Crippen LogP contribution in [0.4, 0.5) is 5.00 Å². The van der Waals surface area contributed by atoms with Gasteiger partial charge in [-0.1, -0.05) is 65.9 Å². The number of carbonyl (C=O) groups excluding carboxylic acids is 2. The summed E-state index contributed by atoms with van der Waals surface area (Å²) in [4.78, 5) is 25.9. The number of hydrogen-bond acceptors (Lipinski definition) is 9. The topological polar surface area (TPSA) is 120 Å². The molecule has 0 fully saturated rings. The predicted molar refractivity (Wildman–Crippen MR) is 157 cm³/mol. The number of amides is 1. The van der Waals surface area contributed by atoms with E-state index < -0.39 is 15.8 Å². The Labute approximate surface area is 241 Å². The molecule has 4 rings (SSSR count). The Balaban J connectivity index is 1.49. The molecule has 208 valence electrons. The maximum absolute atomic E-state index is 13.0. The second-order valence-electron chi connectivity index (χ2n) is 8.65. The molecule has 9 nitrogen and oxygen atoms in total. The standard InChI is InChI=1S/C28H28N4O5S3/c1-4-15-32-23(18-40(35,36)21-13-11-19(3)12-14-21)30-31-28(32)39-17-24(33)29-26-25(27(34)37-5-2)22(16-38-26)20-9-7-6-8-10-20/h4,6-14,16H,1,5,15,17-18H2,2-3H3,(H,29,33). The summed E-state index contributed by atoms with van der Waals surface area (Å²) < 4.78 is 32.8. The summed E-state index contributed by atoms with van der Waals surface area (Å²) in [5, 5.41) is 13.6. The van der Waals surface area contributed by atoms with Crippen LogP contribution in [-0.2, 0) is 31.7 Å². The van der Waals surface area contributed by atoms with Gasteiger partial charge in [-0.05, 0) is 31.5 Å². The van der Waals surface area contributed by atoms with Crippen LogP contribution in [-0.4, -0.2) is 47.4 Å². The maximum atomic E-state index is 13.0. The molecular weight excluding hydrogens is 569 g/mol. The highest BCUT2D eigenvalue weighted by Crippen LogP contribution is 2.36. The van der Waals surface area contributed by atoms with Gasteiger partial charge < -0.3 is 14.6 Å². The Morgan fingerprint density at radius 2 is 1.85 bits per heavy atom. The van der Waals surface area contributed by atoms with E-state index in [0.29, 0.717) is 21.3 Å². The second kappa shape index (κ2) is 13.1. The molecule has 2 aromatic heterocycles. The molecule has 12 heteroatoms. The Bertz CT molecular complexity index is 1610. The minimum atomic E-state index is -3.66. The van der Waals surface area contributed by atoms with Gasteiger partial charge in [-0.25, -0.2) is 13.2 Å². The van der Waals surface area contributed by atoms with Crippen molar-refractivity contribution in [1.29, 1.82) is 0 Å². The second-order valence-corrected chi connectivity index (χ2v) is 12.5. The van der Waals surface area contributed by atoms with Crippen molar-refractivity contribution in [3.05, 3.63) is 89.6 Å². The minimum Gasteiger partial charge on any atom is -0.462 e. The number of thioether (sulfide) groups is 1. The number of rotatable bonds is 12. The van der Waals surface area contributed by atoms with Crippen molar-refractivity contribution in [2.75, 3.05) is 17.7 Å². The molecule has 0 radical (unpaired) electrons. The van der Waals surface area contributed by atoms with Crippen LogP contribution in [0.3, 0.4) is 0 Å². The number of nitrogens with one attached hydrogen (secondary N) is 1. The number of sulfone groups is 1. The fraction of sp³-hybridized carbons (Fsp3) is 0.214. The molecule has 0 saturated heterocycles. The summed E-state index contributed by atoms with van der Waals surface area (Å²) in [6.07, 6.45) is 1.61. The first-order valence-corrected chi connectivity index (χ1v) is 15.8. The van der Waals surface area contributed by atoms with Crippen molar-refractivity contribution >= 4 is 49.8 Å². The number of hydrogen-bond donors (Lipinski definition) is 1. The van der Waals surface area contributed by atoms with Gasteiger partial charge in [-0.3, -0.25) is 4.79 Å². The lowest BCUT2D eigenvalue weighted by Gasteiger charge is -2.10. The number of anilines is 1. The average Bonchev–Trinajstić information content (AvgIpc) is 3.52. The number of aryl methyl sites for hydroxylation is 1. The number of ether oxygens (including phenoxy) is 1. The normalized spacial score (nSPS) is 11.2. The summed E-state index contributed by atoms with van der Waals surface area (Å²) >= 11 is 2.35. The van der Waals surface area contributed by atoms with E-state index in [9.17, 15) is 18.0 Å². The zero-order chi connectivity index (χ0) is 28.7. The van der Waals surface area contributed by atoms with Crippen LogP contribution in [0.25, 0.3) is 11.1 Å². The predicted octanol–water partition coefficient (Wildman–Crippen LogP) is 5.38. The number of nitrogens with zero attached hydrogens (tertiary/aromatic N) is 3. The van der Waals surface area contributed by atoms with E-state index in [4.69, 9.17) is 4.74 Å². The van der Waals surface area contributed by atoms with E-state index in [2.05, 4.69) is 22.1 Å². The number of aromatic nitrogens is 3. The van der Waals surface area contributed by atoms with Gasteiger partial charge in [0.1, 0.15) is 22.1 Å². The van der Waals surface area contributed by atoms with Gasteiger partial charge >= 0.3 is 5.97 Å². The Kier molecular flexibility index (Phi) is 9.56. The van der Waals surface area contributed by atoms with Crippen LogP contribution in [0.15, 0.2) is 82.7 Å². The van der Waals surface area contributed by atoms with Gasteiger partial charge in [-0.2, -0.15) is 0 Å². The molecule has 0 bridgehead atoms. The molecule has 0 unspecified atom stereocenters. The van der Waals surface area contributed by atoms with Crippen LogP contribution in [0.1, 0.15) is 28.7 Å². The third kappa shape index (κ3) is 6.87. The van der Waals surface area contributed by atoms with Crippen LogP contribution >= 0.6 is 23.1 Å². The quantitative estimate of drug-likeness (QED) is 0.131. The highest BCUT2D eigenvalue weighted by atomic mass is 32.2. The van der Waals surface area contributed by atoms with Gasteiger partial charge in [0.15, 0.2) is 15.0 Å². The van der Waals surface area contributed by atoms with Crippen LogP contribution < -0.4 is 5.32 Å². The summed E-state index contributed by atoms with van der Waals surface area (Å²) in [7, 11) is -3.66. The number of benzene rings is 2. The van der Waals surface area contributed by atoms with E-state index in [1.165, 1.54) is 11.3 Å². The molecule has 0 aliphatic heterocycles. The zero-order valence-corrected chi connectivity index (χ0v) is 24.4. The first-order valence-electron chi connectivity index (χ1n) is 12.3. The van der Waals surface area contributed by atoms with E-state index in [1.54, 1.807) is 41.8 Å². The van der Waals surface area contributed by atoms with Gasteiger partial charge in [0.25, 0.3) is 0 Å². The molecule has 1 N–H and O–H groups in total. The Morgan fingerprint density at radius 1 is 1.12 bits per heavy atom. The molecule has 0 aliphatic rings. The summed E-state index contributed by atoms with van der Waals surface area (Å²) in [6, 6.07) is 16.0. The molecule has 0 saturated carbocycles. The Morgan fingerprint density at radius 3 is 2.52 bits per heavy atom. The van der Waals surface area contributed by atoms with Crippen molar-refractivity contribution < 1.29 is 22.7 Å². The van der Waals surface area contributed by atoms with E-state index in [0.717, 1.165) is 22.9 Å². The molecule has 1 amide bonds. The molecule has 4 aromatic rings. The molecule has 40 heavy (non-hydrogen) atoms. The van der Waals surface area contributed by atoms with E-state index in [-0.39, 0.29) is 41.3 Å². The minimum absolute atomic E-state index is 0.0408. The van der Waals surface area contributed by atoms with Crippen molar-refractivity contribution in [3.8, 4) is 11.1 Å². The van der Waals surface area contributed by atoms with Gasteiger partial charge in [0.2, 0.25) is 5.91 Å². The molecule has 0 aliphatic carbocycles. The van der Waals surface area contributed by atoms with Crippen LogP contribution in [0.5, 0.6) is 0 Å². The fourth-order valence-electron chi connectivity index (χ4n) is 3.82. The first-order chi connectivity index (χ1) is 19.2. The van der Waals surface area contributed by atoms with Gasteiger partial charge in [0.05, 0.1) is 17.3 Å². The maximum Gasteiger partial charge on any atom is 0.341 e. The lowest BCUT2D eigenvalue weighted by molar-refractivity contribution is -0.113. The fourth-order valence-corrected chi connectivity index (χ4v) is 6.83. The van der Waals surface area contributed by atoms with Crippen molar-refractivity contribution in [2.24, 2.45) is 0 Å². The third-order valence-electron chi connectivity index (χ3n) is 5.75. The first kappa shape index (κ1) is 29.2. The van der Waals surface area contributed by atoms with Crippen LogP contribution in [0.2, 0.25) is 0 Å². The van der Waals surface area contributed by atoms with Crippen molar-refractivity contribution in [2.45, 2.75) is 36.2 Å². The molecule has 0 atom stereocenters. The smallest absolute Gasteiger partial charge is 0.341 e. The summed E-state index contributed by atoms with van der Waals surface area (Å²) in [5.41, 5.74) is 2.77. The number of esters is 1. The average molecular weight is 597 g/mol. The molecule has 2 heterocycles. The van der Waals surface area contributed by atoms with Gasteiger partial charge in [-0.15, -0.1) is 28.1 Å². The highest BCUT2D eigenvalue weighted by Gasteiger charge is 2.24. The van der Waals surface area contributed by atoms with Crippen LogP contribution in [0, 0.1) is 6.92 Å². The van der Waals surface area contributed by atoms with E-state index in [1.807, 2.05) is 42.6 Å². The van der Waals surface area contributed by atoms with Gasteiger partial charge in [0, 0.05) is 17.5 Å². The molecule has 2 aromatic carbocycles. The Hall–Kier alpha value is -3.74. The molecular formula is C28H28N4O5S3. The lowest BCUT2D eigenvalue weighted by Crippen LogP contribution is -2.17. The van der Waals surface area contributed by atoms with Crippen molar-refractivity contribution in [1.82, 2.24) is 14.8 Å². The highest BCUT2D eigenvalue weighted by molar-refractivity contribution is 7.99. The number of allylic oxidation sites excluding steroid dienone is 1. The molecule has 0 spiro atoms. The summed E-state index contributed by atoms with van der Waals surface area (Å²) in [6.45, 7) is 7.83. The number of carbonyl (C=O) groups is 2. The third-order valence-corrected chi connectivity index (χ3v) is 9.24. The summed E-state index contributed by atoms with van der Waals surface area (Å²) in [5.74, 6) is -1.02. The lowest BCUT2D eigenvalue weighted by atomic mass is 10.0. The van der Waals surface area contributed by atoms with Crippen molar-refractivity contribution in [3.63, 3.8) is 0 Å².